The standard InChI is InChI=1S/C10H11N3O3S/c1-2-3-11-4-8(14)12-5-9-13-7(6-17-9)10(15)16/h1,6,11H,3-5H2,(H,12,14)(H,15,16). The van der Waals surface area contributed by atoms with Crippen molar-refractivity contribution in [1.29, 1.82) is 0 Å². The van der Waals surface area contributed by atoms with Crippen LogP contribution in [0, 0.1) is 12.3 Å². The number of carbonyl (C=O) groups excluding carboxylic acids is 1. The molecule has 0 fully saturated rings. The molecule has 0 saturated carbocycles. The van der Waals surface area contributed by atoms with Crippen LogP contribution in [-0.4, -0.2) is 35.1 Å². The fourth-order valence-electron chi connectivity index (χ4n) is 0.975. The van der Waals surface area contributed by atoms with Gasteiger partial charge in [-0.1, -0.05) is 5.92 Å². The van der Waals surface area contributed by atoms with E-state index in [-0.39, 0.29) is 24.7 Å². The van der Waals surface area contributed by atoms with Crippen molar-refractivity contribution in [3.8, 4) is 12.3 Å². The Labute approximate surface area is 102 Å². The molecule has 7 heteroatoms. The number of amides is 1. The van der Waals surface area contributed by atoms with E-state index in [0.717, 1.165) is 0 Å². The average Bonchev–Trinajstić information content (AvgIpc) is 2.75. The van der Waals surface area contributed by atoms with Crippen molar-refractivity contribution in [3.05, 3.63) is 16.1 Å². The molecule has 0 aliphatic heterocycles. The number of hydrogen-bond donors (Lipinski definition) is 3. The minimum Gasteiger partial charge on any atom is -0.476 e. The lowest BCUT2D eigenvalue weighted by Gasteiger charge is -2.02. The second-order valence-electron chi connectivity index (χ2n) is 3.02. The number of aromatic nitrogens is 1. The van der Waals surface area contributed by atoms with Gasteiger partial charge < -0.3 is 10.4 Å². The summed E-state index contributed by atoms with van der Waals surface area (Å²) in [6.07, 6.45) is 5.00. The Bertz CT molecular complexity index is 450. The van der Waals surface area contributed by atoms with Gasteiger partial charge in [0.2, 0.25) is 5.91 Å². The van der Waals surface area contributed by atoms with Crippen LogP contribution >= 0.6 is 11.3 Å². The van der Waals surface area contributed by atoms with Crippen molar-refractivity contribution in [2.24, 2.45) is 0 Å². The molecule has 3 N–H and O–H groups in total. The number of carbonyl (C=O) groups is 2. The Hall–Kier alpha value is -1.91. The Kier molecular flexibility index (Phi) is 5.13. The number of carboxylic acid groups (broad SMARTS) is 1. The lowest BCUT2D eigenvalue weighted by molar-refractivity contribution is -0.120. The van der Waals surface area contributed by atoms with E-state index in [0.29, 0.717) is 11.6 Å². The molecule has 6 nitrogen and oxygen atoms in total. The number of rotatable bonds is 6. The highest BCUT2D eigenvalue weighted by Gasteiger charge is 2.09. The molecule has 0 spiro atoms. The number of thiazole rings is 1. The van der Waals surface area contributed by atoms with Crippen LogP contribution in [-0.2, 0) is 11.3 Å². The van der Waals surface area contributed by atoms with Gasteiger partial charge in [-0.2, -0.15) is 0 Å². The molecule has 90 valence electrons. The van der Waals surface area contributed by atoms with E-state index in [1.54, 1.807) is 0 Å². The van der Waals surface area contributed by atoms with Gasteiger partial charge in [-0.25, -0.2) is 9.78 Å². The van der Waals surface area contributed by atoms with Crippen molar-refractivity contribution in [1.82, 2.24) is 15.6 Å². The molecule has 1 aromatic rings. The van der Waals surface area contributed by atoms with Crippen molar-refractivity contribution < 1.29 is 14.7 Å². The fourth-order valence-corrected chi connectivity index (χ4v) is 1.68. The molecule has 1 amide bonds. The van der Waals surface area contributed by atoms with Gasteiger partial charge >= 0.3 is 5.97 Å². The molecule has 0 radical (unpaired) electrons. The van der Waals surface area contributed by atoms with Crippen LogP contribution in [0.15, 0.2) is 5.38 Å². The van der Waals surface area contributed by atoms with E-state index in [1.165, 1.54) is 16.7 Å². The molecule has 17 heavy (non-hydrogen) atoms. The molecule has 0 atom stereocenters. The summed E-state index contributed by atoms with van der Waals surface area (Å²) in [6, 6.07) is 0. The lowest BCUT2D eigenvalue weighted by atomic mass is 10.5. The summed E-state index contributed by atoms with van der Waals surface area (Å²) in [5, 5.41) is 16.0. The van der Waals surface area contributed by atoms with Crippen LogP contribution in [0.4, 0.5) is 0 Å². The first kappa shape index (κ1) is 13.2. The predicted molar refractivity (Wildman–Crippen MR) is 62.6 cm³/mol. The number of nitrogens with one attached hydrogen (secondary N) is 2. The SMILES string of the molecule is C#CCNCC(=O)NCc1nc(C(=O)O)cs1. The molecule has 0 aromatic carbocycles. The van der Waals surface area contributed by atoms with E-state index in [2.05, 4.69) is 21.5 Å². The second kappa shape index (κ2) is 6.62. The maximum Gasteiger partial charge on any atom is 0.355 e. The monoisotopic (exact) mass is 253 g/mol. The zero-order chi connectivity index (χ0) is 12.7. The summed E-state index contributed by atoms with van der Waals surface area (Å²) in [4.78, 5) is 25.6. The highest BCUT2D eigenvalue weighted by molar-refractivity contribution is 7.09. The van der Waals surface area contributed by atoms with Crippen LogP contribution in [0.1, 0.15) is 15.5 Å². The first-order valence-electron chi connectivity index (χ1n) is 4.72. The van der Waals surface area contributed by atoms with Crippen molar-refractivity contribution >= 4 is 23.2 Å². The number of nitrogens with zero attached hydrogens (tertiary/aromatic N) is 1. The number of terminal acetylenes is 1. The van der Waals surface area contributed by atoms with E-state index >= 15 is 0 Å². The van der Waals surface area contributed by atoms with Gasteiger partial charge in [0.1, 0.15) is 5.01 Å². The number of carboxylic acids is 1. The van der Waals surface area contributed by atoms with Crippen LogP contribution in [0.3, 0.4) is 0 Å². The van der Waals surface area contributed by atoms with Crippen LogP contribution < -0.4 is 10.6 Å². The van der Waals surface area contributed by atoms with Crippen LogP contribution in [0.25, 0.3) is 0 Å². The topological polar surface area (TPSA) is 91.3 Å². The van der Waals surface area contributed by atoms with E-state index in [9.17, 15) is 9.59 Å². The molecule has 1 rings (SSSR count). The Balaban J connectivity index is 2.32. The summed E-state index contributed by atoms with van der Waals surface area (Å²) in [5.41, 5.74) is -0.00953. The van der Waals surface area contributed by atoms with Gasteiger partial charge in [-0.15, -0.1) is 17.8 Å². The lowest BCUT2D eigenvalue weighted by Crippen LogP contribution is -2.33. The van der Waals surface area contributed by atoms with Gasteiger partial charge in [0, 0.05) is 5.38 Å². The molecule has 0 aliphatic carbocycles. The summed E-state index contributed by atoms with van der Waals surface area (Å²) in [6.45, 7) is 0.670. The van der Waals surface area contributed by atoms with Crippen LogP contribution in [0.2, 0.25) is 0 Å². The smallest absolute Gasteiger partial charge is 0.355 e. The number of hydrogen-bond acceptors (Lipinski definition) is 5. The Morgan fingerprint density at radius 3 is 2.94 bits per heavy atom. The van der Waals surface area contributed by atoms with Gasteiger partial charge in [0.15, 0.2) is 5.69 Å². The third-order valence-corrected chi connectivity index (χ3v) is 2.57. The summed E-state index contributed by atoms with van der Waals surface area (Å²) in [5.74, 6) is 1.06. The van der Waals surface area contributed by atoms with Crippen molar-refractivity contribution in [2.75, 3.05) is 13.1 Å². The third kappa shape index (κ3) is 4.63. The minimum absolute atomic E-state index is 0.00953. The highest BCUT2D eigenvalue weighted by Crippen LogP contribution is 2.08. The van der Waals surface area contributed by atoms with Crippen LogP contribution in [0.5, 0.6) is 0 Å². The van der Waals surface area contributed by atoms with E-state index in [4.69, 9.17) is 11.5 Å². The zero-order valence-electron chi connectivity index (χ0n) is 8.90. The van der Waals surface area contributed by atoms with Gasteiger partial charge in [0.05, 0.1) is 19.6 Å². The average molecular weight is 253 g/mol. The van der Waals surface area contributed by atoms with E-state index in [1.807, 2.05) is 0 Å². The second-order valence-corrected chi connectivity index (χ2v) is 3.96. The molecule has 0 bridgehead atoms. The highest BCUT2D eigenvalue weighted by atomic mass is 32.1. The summed E-state index contributed by atoms with van der Waals surface area (Å²) >= 11 is 1.19. The van der Waals surface area contributed by atoms with E-state index < -0.39 is 5.97 Å². The maximum atomic E-state index is 11.3. The Morgan fingerprint density at radius 1 is 1.59 bits per heavy atom. The first-order valence-corrected chi connectivity index (χ1v) is 5.60. The summed E-state index contributed by atoms with van der Waals surface area (Å²) in [7, 11) is 0. The van der Waals surface area contributed by atoms with Crippen molar-refractivity contribution in [3.63, 3.8) is 0 Å². The molecular weight excluding hydrogens is 242 g/mol. The Morgan fingerprint density at radius 2 is 2.35 bits per heavy atom. The molecule has 1 aromatic heterocycles. The fraction of sp³-hybridized carbons (Fsp3) is 0.300. The zero-order valence-corrected chi connectivity index (χ0v) is 9.71. The predicted octanol–water partition coefficient (Wildman–Crippen LogP) is -0.320. The third-order valence-electron chi connectivity index (χ3n) is 1.72. The molecule has 0 aliphatic rings. The largest absolute Gasteiger partial charge is 0.476 e. The molecule has 0 saturated heterocycles. The number of aromatic carboxylic acids is 1. The van der Waals surface area contributed by atoms with Gasteiger partial charge in [-0.05, 0) is 0 Å². The quantitative estimate of drug-likeness (QED) is 0.477. The molecular formula is C10H11N3O3S. The molecule has 1 heterocycles. The van der Waals surface area contributed by atoms with Gasteiger partial charge in [-0.3, -0.25) is 10.1 Å². The molecule has 0 unspecified atom stereocenters. The van der Waals surface area contributed by atoms with Gasteiger partial charge in [0.25, 0.3) is 0 Å². The minimum atomic E-state index is -1.07. The maximum absolute atomic E-state index is 11.3. The van der Waals surface area contributed by atoms with Crippen molar-refractivity contribution in [2.45, 2.75) is 6.54 Å². The first-order chi connectivity index (χ1) is 8.13. The summed E-state index contributed by atoms with van der Waals surface area (Å²) < 4.78 is 0. The normalized spacial score (nSPS) is 9.59.